The summed E-state index contributed by atoms with van der Waals surface area (Å²) in [5.74, 6) is -1.48. The molecule has 0 spiro atoms. The molecule has 0 saturated heterocycles. The summed E-state index contributed by atoms with van der Waals surface area (Å²) >= 11 is 17.0. The van der Waals surface area contributed by atoms with Crippen molar-refractivity contribution in [1.82, 2.24) is 9.97 Å². The lowest BCUT2D eigenvalue weighted by Gasteiger charge is -2.09. The molecule has 0 atom stereocenters. The van der Waals surface area contributed by atoms with E-state index in [9.17, 15) is 9.59 Å². The van der Waals surface area contributed by atoms with Crippen LogP contribution in [0.25, 0.3) is 0 Å². The molecule has 0 saturated carbocycles. The molecule has 0 fully saturated rings. The minimum Gasteiger partial charge on any atom is -0.478 e. The Morgan fingerprint density at radius 2 is 1.85 bits per heavy atom. The van der Waals surface area contributed by atoms with Crippen LogP contribution in [0.1, 0.15) is 40.3 Å². The van der Waals surface area contributed by atoms with E-state index in [1.165, 1.54) is 18.3 Å². The van der Waals surface area contributed by atoms with Crippen molar-refractivity contribution >= 4 is 52.4 Å². The second-order valence-electron chi connectivity index (χ2n) is 4.93. The van der Waals surface area contributed by atoms with Crippen LogP contribution in [0.15, 0.2) is 18.3 Å². The molecule has 2 aromatic heterocycles. The van der Waals surface area contributed by atoms with Gasteiger partial charge in [-0.25, -0.2) is 19.6 Å². The topological polar surface area (TPSA) is 101 Å². The van der Waals surface area contributed by atoms with Gasteiger partial charge < -0.3 is 15.2 Å². The zero-order chi connectivity index (χ0) is 20.6. The van der Waals surface area contributed by atoms with Crippen LogP contribution < -0.4 is 5.32 Å². The SMILES string of the molecule is CCOC(=O)c1cnc(Cl)cc1Cl.CCc1nc(Cl)cc(NC)c1C(=O)O. The number of nitrogens with one attached hydrogen (secondary N) is 1. The first-order chi connectivity index (χ1) is 12.7. The van der Waals surface area contributed by atoms with Crippen LogP contribution in [0.2, 0.25) is 15.3 Å². The second-order valence-corrected chi connectivity index (χ2v) is 6.11. The average molecular weight is 435 g/mol. The highest BCUT2D eigenvalue weighted by Crippen LogP contribution is 2.22. The third-order valence-electron chi connectivity index (χ3n) is 3.20. The van der Waals surface area contributed by atoms with E-state index >= 15 is 0 Å². The Morgan fingerprint density at radius 1 is 1.19 bits per heavy atom. The van der Waals surface area contributed by atoms with Gasteiger partial charge in [-0.3, -0.25) is 0 Å². The number of rotatable bonds is 5. The Labute approximate surface area is 171 Å². The maximum Gasteiger partial charge on any atom is 0.341 e. The van der Waals surface area contributed by atoms with Gasteiger partial charge in [-0.05, 0) is 25.5 Å². The van der Waals surface area contributed by atoms with Crippen molar-refractivity contribution in [3.63, 3.8) is 0 Å². The van der Waals surface area contributed by atoms with Gasteiger partial charge in [-0.2, -0.15) is 0 Å². The molecule has 0 aliphatic rings. The monoisotopic (exact) mass is 433 g/mol. The molecule has 0 bridgehead atoms. The van der Waals surface area contributed by atoms with Crippen LogP contribution in [-0.4, -0.2) is 40.7 Å². The summed E-state index contributed by atoms with van der Waals surface area (Å²) in [4.78, 5) is 29.8. The zero-order valence-electron chi connectivity index (χ0n) is 14.8. The summed E-state index contributed by atoms with van der Waals surface area (Å²) in [6.45, 7) is 3.86. The largest absolute Gasteiger partial charge is 0.478 e. The molecular weight excluding hydrogens is 417 g/mol. The maximum absolute atomic E-state index is 11.2. The van der Waals surface area contributed by atoms with Crippen LogP contribution in [0, 0.1) is 0 Å². The van der Waals surface area contributed by atoms with Gasteiger partial charge in [-0.15, -0.1) is 0 Å². The predicted molar refractivity (Wildman–Crippen MR) is 105 cm³/mol. The fourth-order valence-electron chi connectivity index (χ4n) is 2.02. The Kier molecular flexibility index (Phi) is 9.28. The van der Waals surface area contributed by atoms with Crippen LogP contribution in [-0.2, 0) is 11.2 Å². The van der Waals surface area contributed by atoms with Gasteiger partial charge >= 0.3 is 11.9 Å². The number of carbonyl (C=O) groups is 2. The molecule has 2 N–H and O–H groups in total. The predicted octanol–water partition coefficient (Wildman–Crippen LogP) is 4.60. The van der Waals surface area contributed by atoms with E-state index in [-0.39, 0.29) is 21.3 Å². The Bertz CT molecular complexity index is 806. The van der Waals surface area contributed by atoms with Gasteiger partial charge in [0.25, 0.3) is 0 Å². The van der Waals surface area contributed by atoms with Crippen LogP contribution in [0.3, 0.4) is 0 Å². The Hall–Kier alpha value is -2.09. The molecule has 0 aliphatic carbocycles. The maximum atomic E-state index is 11.2. The third kappa shape index (κ3) is 6.53. The summed E-state index contributed by atoms with van der Waals surface area (Å²) in [7, 11) is 1.65. The van der Waals surface area contributed by atoms with Crippen LogP contribution in [0.5, 0.6) is 0 Å². The fourth-order valence-corrected chi connectivity index (χ4v) is 2.68. The summed E-state index contributed by atoms with van der Waals surface area (Å²) in [6.07, 6.45) is 1.83. The molecule has 0 radical (unpaired) electrons. The van der Waals surface area contributed by atoms with Gasteiger partial charge in [0.2, 0.25) is 0 Å². The van der Waals surface area contributed by atoms with Gasteiger partial charge in [0.15, 0.2) is 0 Å². The lowest BCUT2D eigenvalue weighted by molar-refractivity contribution is 0.0525. The third-order valence-corrected chi connectivity index (χ3v) is 3.91. The quantitative estimate of drug-likeness (QED) is 0.523. The van der Waals surface area contributed by atoms with Crippen molar-refractivity contribution in [2.75, 3.05) is 19.0 Å². The summed E-state index contributed by atoms with van der Waals surface area (Å²) < 4.78 is 4.74. The molecule has 0 unspecified atom stereocenters. The minimum atomic E-state index is -0.990. The molecular formula is C17H18Cl3N3O4. The number of hydrogen-bond acceptors (Lipinski definition) is 6. The van der Waals surface area contributed by atoms with Crippen molar-refractivity contribution in [3.05, 3.63) is 50.5 Å². The molecule has 2 heterocycles. The molecule has 2 aromatic rings. The number of carboxylic acids is 1. The van der Waals surface area contributed by atoms with Crippen molar-refractivity contribution in [2.45, 2.75) is 20.3 Å². The standard InChI is InChI=1S/C9H11ClN2O2.C8H7Cl2NO2/c1-3-5-8(9(13)14)6(11-2)4-7(10)12-5;1-2-13-8(12)5-4-11-7(10)3-6(5)9/h4H,3H2,1-2H3,(H,11,12)(H,13,14);3-4H,2H2,1H3. The van der Waals surface area contributed by atoms with E-state index in [0.717, 1.165) is 0 Å². The lowest BCUT2D eigenvalue weighted by Crippen LogP contribution is -2.08. The number of anilines is 1. The number of pyridine rings is 2. The normalized spacial score (nSPS) is 9.85. The van der Waals surface area contributed by atoms with Crippen molar-refractivity contribution in [3.8, 4) is 0 Å². The molecule has 2 rings (SSSR count). The average Bonchev–Trinajstić information content (AvgIpc) is 2.61. The molecule has 0 amide bonds. The molecule has 0 aliphatic heterocycles. The van der Waals surface area contributed by atoms with E-state index in [0.29, 0.717) is 29.6 Å². The van der Waals surface area contributed by atoms with Crippen molar-refractivity contribution in [1.29, 1.82) is 0 Å². The first-order valence-electron chi connectivity index (χ1n) is 7.83. The number of aromatic carboxylic acids is 1. The van der Waals surface area contributed by atoms with Gasteiger partial charge in [0.05, 0.1) is 28.6 Å². The Balaban J connectivity index is 0.000000271. The molecule has 146 valence electrons. The minimum absolute atomic E-state index is 0.194. The lowest BCUT2D eigenvalue weighted by atomic mass is 10.1. The highest BCUT2D eigenvalue weighted by Gasteiger charge is 2.16. The molecule has 7 nitrogen and oxygen atoms in total. The van der Waals surface area contributed by atoms with E-state index < -0.39 is 11.9 Å². The first kappa shape index (κ1) is 23.0. The highest BCUT2D eigenvalue weighted by molar-refractivity contribution is 6.36. The van der Waals surface area contributed by atoms with Crippen molar-refractivity contribution < 1.29 is 19.4 Å². The number of hydrogen-bond donors (Lipinski definition) is 2. The van der Waals surface area contributed by atoms with Gasteiger partial charge in [-0.1, -0.05) is 41.7 Å². The number of carbonyl (C=O) groups excluding carboxylic acids is 1. The van der Waals surface area contributed by atoms with Gasteiger partial charge in [0.1, 0.15) is 15.9 Å². The smallest absolute Gasteiger partial charge is 0.341 e. The summed E-state index contributed by atoms with van der Waals surface area (Å²) in [5, 5.41) is 12.6. The summed E-state index contributed by atoms with van der Waals surface area (Å²) in [5.41, 5.74) is 1.41. The Morgan fingerprint density at radius 3 is 2.33 bits per heavy atom. The number of esters is 1. The second kappa shape index (κ2) is 10.9. The molecule has 0 aromatic carbocycles. The van der Waals surface area contributed by atoms with Crippen LogP contribution >= 0.6 is 34.8 Å². The number of aromatic nitrogens is 2. The van der Waals surface area contributed by atoms with E-state index in [1.807, 2.05) is 6.92 Å². The van der Waals surface area contributed by atoms with E-state index in [2.05, 4.69) is 15.3 Å². The van der Waals surface area contributed by atoms with Crippen LogP contribution in [0.4, 0.5) is 5.69 Å². The van der Waals surface area contributed by atoms with Gasteiger partial charge in [0, 0.05) is 13.2 Å². The molecule has 10 heteroatoms. The fraction of sp³-hybridized carbons (Fsp3) is 0.294. The number of ether oxygens (including phenoxy) is 1. The highest BCUT2D eigenvalue weighted by atomic mass is 35.5. The van der Waals surface area contributed by atoms with E-state index in [1.54, 1.807) is 14.0 Å². The first-order valence-corrected chi connectivity index (χ1v) is 8.97. The number of halogens is 3. The number of aryl methyl sites for hydroxylation is 1. The number of carboxylic acid groups (broad SMARTS) is 1. The summed E-state index contributed by atoms with van der Waals surface area (Å²) in [6, 6.07) is 2.90. The zero-order valence-corrected chi connectivity index (χ0v) is 17.1. The molecule has 27 heavy (non-hydrogen) atoms. The van der Waals surface area contributed by atoms with E-state index in [4.69, 9.17) is 44.6 Å². The van der Waals surface area contributed by atoms with Crippen molar-refractivity contribution in [2.24, 2.45) is 0 Å². The number of nitrogens with zero attached hydrogens (tertiary/aromatic N) is 2.